The van der Waals surface area contributed by atoms with Gasteiger partial charge in [0.25, 0.3) is 0 Å². The fourth-order valence-electron chi connectivity index (χ4n) is 5.90. The van der Waals surface area contributed by atoms with Gasteiger partial charge in [0.1, 0.15) is 11.2 Å². The van der Waals surface area contributed by atoms with Crippen LogP contribution in [0.25, 0.3) is 22.2 Å². The molecule has 1 atom stereocenters. The average Bonchev–Trinajstić information content (AvgIpc) is 3.87. The molecule has 1 aliphatic rings. The van der Waals surface area contributed by atoms with Gasteiger partial charge in [-0.2, -0.15) is 0 Å². The molecule has 11 heteroatoms. The second-order valence-corrected chi connectivity index (χ2v) is 13.3. The van der Waals surface area contributed by atoms with E-state index in [2.05, 4.69) is 15.2 Å². The van der Waals surface area contributed by atoms with Crippen molar-refractivity contribution >= 4 is 46.0 Å². The van der Waals surface area contributed by atoms with E-state index in [1.54, 1.807) is 0 Å². The van der Waals surface area contributed by atoms with Crippen LogP contribution < -0.4 is 16.0 Å². The van der Waals surface area contributed by atoms with Crippen LogP contribution in [0.5, 0.6) is 0 Å². The number of nitrogen functional groups attached to an aromatic ring is 1. The molecule has 0 unspecified atom stereocenters. The first kappa shape index (κ1) is 24.4. The minimum absolute atomic E-state index is 0.0270. The number of esters is 1. The summed E-state index contributed by atoms with van der Waals surface area (Å²) in [6.07, 6.45) is 4.74. The Morgan fingerprint density at radius 1 is 1.24 bits per heavy atom. The number of hydrogen-bond acceptors (Lipinski definition) is 9. The quantitative estimate of drug-likeness (QED) is 0.140. The van der Waals surface area contributed by atoms with Crippen molar-refractivity contribution in [2.24, 2.45) is 7.05 Å². The zero-order chi connectivity index (χ0) is 47.3. The smallest absolute Gasteiger partial charge is 0.410 e. The predicted octanol–water partition coefficient (Wildman–Crippen LogP) is 8.39. The number of carbonyl (C=O) groups excluding carboxylic acids is 2. The number of likely N-dealkylation sites (tertiary alicyclic amines) is 1. The minimum atomic E-state index is -0.544. The van der Waals surface area contributed by atoms with Crippen LogP contribution in [0.4, 0.5) is 27.8 Å². The van der Waals surface area contributed by atoms with Gasteiger partial charge in [-0.1, -0.05) is 18.2 Å². The Morgan fingerprint density at radius 3 is 2.70 bits per heavy atom. The number of aromatic nitrogens is 3. The highest BCUT2D eigenvalue weighted by Gasteiger charge is 2.33. The number of anilines is 4. The lowest BCUT2D eigenvalue weighted by Crippen LogP contribution is -2.44. The van der Waals surface area contributed by atoms with Crippen LogP contribution in [-0.2, 0) is 16.5 Å². The first-order valence-electron chi connectivity index (χ1n) is 22.7. The molecule has 1 saturated heterocycles. The molecule has 1 amide bonds. The van der Waals surface area contributed by atoms with Crippen LogP contribution in [0, 0.1) is 6.92 Å². The van der Waals surface area contributed by atoms with Crippen LogP contribution in [-0.4, -0.2) is 69.4 Å². The number of nitrogens with one attached hydrogen (secondary N) is 1. The fraction of sp³-hybridized carbons (Fsp3) is 0.429. The van der Waals surface area contributed by atoms with Crippen molar-refractivity contribution < 1.29 is 39.8 Å². The number of fused-ring (bicyclic) bond motifs is 1. The van der Waals surface area contributed by atoms with Crippen LogP contribution in [0.3, 0.4) is 0 Å². The van der Waals surface area contributed by atoms with E-state index in [-0.39, 0.29) is 23.8 Å². The molecule has 0 radical (unpaired) electrons. The third kappa shape index (κ3) is 7.03. The maximum Gasteiger partial charge on any atom is 0.410 e. The Hall–Kier alpha value is -4.80. The number of likely N-dealkylation sites (N-methyl/N-ethyl adjacent to an activating group) is 1. The van der Waals surface area contributed by atoms with Crippen molar-refractivity contribution in [1.29, 1.82) is 0 Å². The summed E-state index contributed by atoms with van der Waals surface area (Å²) < 4.78 is 83.2. The summed E-state index contributed by atoms with van der Waals surface area (Å²) in [5, 5.41) is 4.29. The monoisotopic (exact) mass is 670 g/mol. The van der Waals surface area contributed by atoms with E-state index < -0.39 is 11.6 Å². The van der Waals surface area contributed by atoms with E-state index in [4.69, 9.17) is 41.0 Å². The lowest BCUT2D eigenvalue weighted by Gasteiger charge is -2.32. The fourth-order valence-corrected chi connectivity index (χ4v) is 5.90. The topological polar surface area (TPSA) is 128 Å². The van der Waals surface area contributed by atoms with Gasteiger partial charge in [-0.3, -0.25) is 0 Å². The summed E-state index contributed by atoms with van der Waals surface area (Å²) in [5.41, 5.74) is 11.8. The third-order valence-corrected chi connectivity index (χ3v) is 8.02. The van der Waals surface area contributed by atoms with Crippen molar-refractivity contribution in [2.75, 3.05) is 36.1 Å². The molecule has 0 aliphatic carbocycles. The van der Waals surface area contributed by atoms with Gasteiger partial charge in [-0.15, -0.1) is 0 Å². The van der Waals surface area contributed by atoms with E-state index in [0.29, 0.717) is 30.4 Å². The van der Waals surface area contributed by atoms with Gasteiger partial charge in [-0.05, 0) is 78.1 Å². The maximum atomic E-state index is 13.1. The zero-order valence-corrected chi connectivity index (χ0v) is 28.0. The first-order chi connectivity index (χ1) is 28.7. The molecule has 2 aromatic heterocycles. The van der Waals surface area contributed by atoms with Crippen molar-refractivity contribution in [2.45, 2.75) is 72.1 Å². The zero-order valence-electron chi connectivity index (χ0n) is 42.0. The average molecular weight is 670 g/mol. The Bertz CT molecular complexity index is 1800. The number of benzene rings is 2. The van der Waals surface area contributed by atoms with E-state index in [9.17, 15) is 9.59 Å². The van der Waals surface area contributed by atoms with Gasteiger partial charge < -0.3 is 34.9 Å². The van der Waals surface area contributed by atoms with Gasteiger partial charge in [0.05, 0.1) is 29.2 Å². The minimum Gasteiger partial charge on any atom is -0.459 e. The number of rotatable bonds is 8. The van der Waals surface area contributed by atoms with Crippen molar-refractivity contribution in [3.05, 3.63) is 59.9 Å². The van der Waals surface area contributed by atoms with Gasteiger partial charge in [0, 0.05) is 82.5 Å². The number of carbonyl (C=O) groups is 2. The molecule has 11 nitrogen and oxygen atoms in total. The van der Waals surface area contributed by atoms with Crippen LogP contribution in [0.2, 0.25) is 0 Å². The Morgan fingerprint density at radius 2 is 1.98 bits per heavy atom. The molecule has 0 bridgehead atoms. The summed E-state index contributed by atoms with van der Waals surface area (Å²) >= 11 is 0. The second kappa shape index (κ2) is 12.9. The Labute approximate surface area is 292 Å². The molecule has 1 fully saturated rings. The van der Waals surface area contributed by atoms with Crippen molar-refractivity contribution in [3.8, 4) is 11.3 Å². The largest absolute Gasteiger partial charge is 0.459 e. The number of ether oxygens (including phenoxy) is 2. The van der Waals surface area contributed by atoms with Crippen molar-refractivity contribution in [1.82, 2.24) is 19.4 Å². The van der Waals surface area contributed by atoms with Gasteiger partial charge in [-0.25, -0.2) is 19.6 Å². The molecule has 2 aromatic carbocycles. The Balaban J connectivity index is -0.00000210. The second-order valence-electron chi connectivity index (χ2n) is 13.3. The van der Waals surface area contributed by atoms with E-state index >= 15 is 0 Å². The lowest BCUT2D eigenvalue weighted by molar-refractivity contribution is 0.0231. The first-order valence-corrected chi connectivity index (χ1v) is 15.7. The van der Waals surface area contributed by atoms with Crippen LogP contribution in [0.1, 0.15) is 84.2 Å². The molecular weight excluding hydrogens is 582 g/mol. The number of aryl methyl sites for hydroxylation is 2. The number of amides is 1. The summed E-state index contributed by atoms with van der Waals surface area (Å²) in [5.74, 6) is -0.156. The van der Waals surface area contributed by atoms with E-state index in [1.165, 1.54) is 6.20 Å². The van der Waals surface area contributed by atoms with Gasteiger partial charge in [0.2, 0.25) is 5.95 Å². The highest BCUT2D eigenvalue weighted by atomic mass is 16.6. The third-order valence-electron chi connectivity index (χ3n) is 8.02. The Kier molecular flexibility index (Phi) is 6.85. The highest BCUT2D eigenvalue weighted by molar-refractivity contribution is 6.03. The van der Waals surface area contributed by atoms with Gasteiger partial charge in [0.15, 0.2) is 0 Å². The molecule has 258 valence electrons. The van der Waals surface area contributed by atoms with Crippen LogP contribution in [0.15, 0.2) is 48.8 Å². The van der Waals surface area contributed by atoms with E-state index in [1.807, 2.05) is 108 Å². The molecule has 3 N–H and O–H groups in total. The molecule has 0 saturated carbocycles. The van der Waals surface area contributed by atoms with Crippen LogP contribution >= 0.6 is 0 Å². The SMILES string of the molecule is Cc1cc(N(C)C[C@H]2CCCN2C(=O)OC(C)(C)C)c(N)cc1Nc1ncc(C(=O)OC(C)C)c(-c2cn(C)c3ccccc23)n1.[3H][3H].[3H][3H].[3H][3H].[3H][3H].[3H][3H].[3H][3H].[3H][3H]. The number of para-hydroxylation sites is 1. The van der Waals surface area contributed by atoms with Gasteiger partial charge >= 0.3 is 12.1 Å². The summed E-state index contributed by atoms with van der Waals surface area (Å²) in [6.45, 7) is 12.6. The molecular formula is C35H59N7O4. The highest BCUT2D eigenvalue weighted by Crippen LogP contribution is 2.35. The molecule has 0 spiro atoms. The number of nitrogens with two attached hydrogens (primary N) is 1. The molecule has 5 rings (SSSR count). The van der Waals surface area contributed by atoms with E-state index in [0.717, 1.165) is 46.2 Å². The predicted molar refractivity (Wildman–Crippen MR) is 197 cm³/mol. The lowest BCUT2D eigenvalue weighted by atomic mass is 10.1. The molecule has 46 heavy (non-hydrogen) atoms. The molecule has 4 aromatic rings. The molecule has 3 heterocycles. The summed E-state index contributed by atoms with van der Waals surface area (Å²) in [7, 11) is 3.95. The molecule has 1 aliphatic heterocycles. The maximum absolute atomic E-state index is 13.1. The number of hydrogen-bond donors (Lipinski definition) is 2. The number of nitrogens with zero attached hydrogens (tertiary/aromatic N) is 5. The standard InChI is InChI=1S/C35H45N7O4.7H2/c1-21(2)45-32(43)25-18-37-33(39-31(25)26-20-41(8)29-14-10-9-13-24(26)29)38-28-17-27(36)30(16-22(28)3)40(7)19-23-12-11-15-42(23)34(44)46-35(4,5)6;;;;;;;/h9-10,13-14,16-18,20-21,23H,11-12,15,19,36H2,1-8H3,(H,37,38,39);7*1H/t23-;;;;;;;/m1......./s1/i;7*1+2T. The van der Waals surface area contributed by atoms with Crippen molar-refractivity contribution in [3.63, 3.8) is 0 Å². The summed E-state index contributed by atoms with van der Waals surface area (Å²) in [6, 6.07) is 11.9. The normalized spacial score (nSPS) is 16.2. The summed E-state index contributed by atoms with van der Waals surface area (Å²) in [4.78, 5) is 39.2.